The average molecular weight is 510 g/mol. The van der Waals surface area contributed by atoms with Gasteiger partial charge in [-0.25, -0.2) is 14.5 Å². The van der Waals surface area contributed by atoms with Crippen LogP contribution in [-0.4, -0.2) is 55.8 Å². The van der Waals surface area contributed by atoms with E-state index in [4.69, 9.17) is 29.9 Å². The molecular formula is C22H25ClN3O7P. The van der Waals surface area contributed by atoms with Crippen molar-refractivity contribution in [2.24, 2.45) is 0 Å². The highest BCUT2D eigenvalue weighted by molar-refractivity contribution is 7.48. The molecule has 0 bridgehead atoms. The van der Waals surface area contributed by atoms with Crippen LogP contribution in [0.3, 0.4) is 0 Å². The molecule has 4 heterocycles. The quantitative estimate of drug-likeness (QED) is 0.495. The summed E-state index contributed by atoms with van der Waals surface area (Å²) in [4.78, 5) is 8.46. The first kappa shape index (κ1) is 23.8. The summed E-state index contributed by atoms with van der Waals surface area (Å²) in [5.74, 6) is 0. The lowest BCUT2D eigenvalue weighted by Gasteiger charge is -2.30. The van der Waals surface area contributed by atoms with Crippen molar-refractivity contribution in [3.8, 4) is 0 Å². The Morgan fingerprint density at radius 2 is 2.18 bits per heavy atom. The SMILES string of the molecule is Cc1ncnc2c1ccn2[C@@H]1O[C@H](COP2(=O)OCC[C@@H](c3cccc(Cl)c3)O2)[C@@H](O)[C@@]1(C)O. The normalized spacial score (nSPS) is 34.0. The van der Waals surface area contributed by atoms with Crippen LogP contribution in [0.5, 0.6) is 0 Å². The van der Waals surface area contributed by atoms with Crippen molar-refractivity contribution in [1.29, 1.82) is 0 Å². The monoisotopic (exact) mass is 509 g/mol. The topological polar surface area (TPSA) is 125 Å². The lowest BCUT2D eigenvalue weighted by molar-refractivity contribution is -0.0951. The number of hydrogen-bond donors (Lipinski definition) is 2. The number of halogens is 1. The number of phosphoric acid groups is 1. The van der Waals surface area contributed by atoms with Gasteiger partial charge in [0.15, 0.2) is 6.23 Å². The second kappa shape index (κ2) is 8.96. The summed E-state index contributed by atoms with van der Waals surface area (Å²) in [7, 11) is -3.94. The molecule has 0 spiro atoms. The molecule has 2 N–H and O–H groups in total. The van der Waals surface area contributed by atoms with Gasteiger partial charge in [-0.05, 0) is 37.6 Å². The number of nitrogens with zero attached hydrogens (tertiary/aromatic N) is 3. The molecule has 5 rings (SSSR count). The van der Waals surface area contributed by atoms with Gasteiger partial charge in [-0.3, -0.25) is 13.6 Å². The minimum atomic E-state index is -3.94. The molecule has 0 aliphatic carbocycles. The number of aromatic nitrogens is 3. The zero-order valence-corrected chi connectivity index (χ0v) is 20.2. The van der Waals surface area contributed by atoms with E-state index in [1.165, 1.54) is 13.3 Å². The van der Waals surface area contributed by atoms with Crippen molar-refractivity contribution in [3.05, 3.63) is 59.1 Å². The van der Waals surface area contributed by atoms with Gasteiger partial charge in [0.05, 0.1) is 25.0 Å². The highest BCUT2D eigenvalue weighted by atomic mass is 35.5. The first-order valence-corrected chi connectivity index (χ1v) is 12.7. The number of aryl methyl sites for hydroxylation is 1. The third-order valence-electron chi connectivity index (χ3n) is 6.22. The first-order chi connectivity index (χ1) is 16.2. The molecule has 12 heteroatoms. The molecule has 0 saturated carbocycles. The summed E-state index contributed by atoms with van der Waals surface area (Å²) < 4.78 is 37.2. The van der Waals surface area contributed by atoms with E-state index < -0.39 is 38.0 Å². The highest BCUT2D eigenvalue weighted by Gasteiger charge is 2.54. The molecule has 2 fully saturated rings. The van der Waals surface area contributed by atoms with E-state index in [2.05, 4.69) is 9.97 Å². The Hall–Kier alpha value is -1.88. The van der Waals surface area contributed by atoms with Crippen molar-refractivity contribution in [1.82, 2.24) is 14.5 Å². The van der Waals surface area contributed by atoms with E-state index in [0.29, 0.717) is 17.1 Å². The highest BCUT2D eigenvalue weighted by Crippen LogP contribution is 2.57. The average Bonchev–Trinajstić information content (AvgIpc) is 3.32. The molecule has 2 aliphatic heterocycles. The Morgan fingerprint density at radius 1 is 1.35 bits per heavy atom. The first-order valence-electron chi connectivity index (χ1n) is 10.8. The van der Waals surface area contributed by atoms with Gasteiger partial charge >= 0.3 is 7.82 Å². The molecule has 34 heavy (non-hydrogen) atoms. The van der Waals surface area contributed by atoms with Gasteiger partial charge in [-0.1, -0.05) is 23.7 Å². The largest absolute Gasteiger partial charge is 0.475 e. The van der Waals surface area contributed by atoms with Crippen molar-refractivity contribution < 1.29 is 33.1 Å². The van der Waals surface area contributed by atoms with Crippen LogP contribution in [-0.2, 0) is 22.9 Å². The minimum absolute atomic E-state index is 0.164. The van der Waals surface area contributed by atoms with Crippen LogP contribution in [0.15, 0.2) is 42.9 Å². The molecule has 6 atom stereocenters. The summed E-state index contributed by atoms with van der Waals surface area (Å²) in [5, 5.41) is 23.2. The number of rotatable bonds is 5. The number of aliphatic hydroxyl groups excluding tert-OH is 1. The summed E-state index contributed by atoms with van der Waals surface area (Å²) in [6, 6.07) is 8.90. The maximum atomic E-state index is 13.1. The zero-order valence-electron chi connectivity index (χ0n) is 18.6. The summed E-state index contributed by atoms with van der Waals surface area (Å²) in [6.45, 7) is 3.16. The van der Waals surface area contributed by atoms with E-state index in [-0.39, 0.29) is 13.2 Å². The Labute approximate surface area is 201 Å². The van der Waals surface area contributed by atoms with Crippen LogP contribution in [0.1, 0.15) is 36.9 Å². The molecule has 1 unspecified atom stereocenters. The Bertz CT molecular complexity index is 1250. The van der Waals surface area contributed by atoms with Crippen molar-refractivity contribution in [3.63, 3.8) is 0 Å². The van der Waals surface area contributed by atoms with Crippen LogP contribution in [0.2, 0.25) is 5.02 Å². The fraction of sp³-hybridized carbons (Fsp3) is 0.455. The summed E-state index contributed by atoms with van der Waals surface area (Å²) in [6.07, 6.45) is -0.187. The van der Waals surface area contributed by atoms with Gasteiger partial charge in [0.25, 0.3) is 0 Å². The van der Waals surface area contributed by atoms with E-state index in [9.17, 15) is 14.8 Å². The second-order valence-electron chi connectivity index (χ2n) is 8.63. The molecule has 10 nitrogen and oxygen atoms in total. The predicted octanol–water partition coefficient (Wildman–Crippen LogP) is 3.71. The molecule has 3 aromatic rings. The minimum Gasteiger partial charge on any atom is -0.387 e. The summed E-state index contributed by atoms with van der Waals surface area (Å²) in [5.41, 5.74) is 0.422. The maximum absolute atomic E-state index is 13.1. The van der Waals surface area contributed by atoms with Gasteiger partial charge in [-0.2, -0.15) is 0 Å². The number of ether oxygens (including phenoxy) is 1. The lowest BCUT2D eigenvalue weighted by atomic mass is 9.96. The predicted molar refractivity (Wildman–Crippen MR) is 122 cm³/mol. The van der Waals surface area contributed by atoms with Crippen LogP contribution in [0, 0.1) is 6.92 Å². The number of benzene rings is 1. The van der Waals surface area contributed by atoms with Gasteiger partial charge in [0.1, 0.15) is 29.8 Å². The van der Waals surface area contributed by atoms with E-state index in [1.54, 1.807) is 29.0 Å². The third-order valence-corrected chi connectivity index (χ3v) is 7.93. The van der Waals surface area contributed by atoms with Gasteiger partial charge in [-0.15, -0.1) is 0 Å². The van der Waals surface area contributed by atoms with Gasteiger partial charge in [0, 0.05) is 23.0 Å². The van der Waals surface area contributed by atoms with Crippen LogP contribution < -0.4 is 0 Å². The molecule has 182 valence electrons. The summed E-state index contributed by atoms with van der Waals surface area (Å²) >= 11 is 6.06. The van der Waals surface area contributed by atoms with E-state index in [1.807, 2.05) is 19.1 Å². The molecule has 1 aromatic carbocycles. The molecule has 0 amide bonds. The van der Waals surface area contributed by atoms with Crippen LogP contribution in [0.25, 0.3) is 11.0 Å². The van der Waals surface area contributed by atoms with Gasteiger partial charge < -0.3 is 19.5 Å². The number of phosphoric ester groups is 1. The molecule has 0 radical (unpaired) electrons. The van der Waals surface area contributed by atoms with Gasteiger partial charge in [0.2, 0.25) is 0 Å². The fourth-order valence-corrected chi connectivity index (χ4v) is 5.93. The van der Waals surface area contributed by atoms with Crippen molar-refractivity contribution in [2.45, 2.75) is 50.4 Å². The van der Waals surface area contributed by atoms with E-state index in [0.717, 1.165) is 16.6 Å². The van der Waals surface area contributed by atoms with Crippen LogP contribution >= 0.6 is 19.4 Å². The zero-order chi connectivity index (χ0) is 24.1. The number of fused-ring (bicyclic) bond motifs is 1. The lowest BCUT2D eigenvalue weighted by Crippen LogP contribution is -2.44. The Kier molecular flexibility index (Phi) is 6.29. The standard InChI is InChI=1S/C22H25ClN3O7P/c1-13-16-6-8-26(20(16)25-12-24-13)21-22(2,28)19(27)18(32-21)11-31-34(29)30-9-7-17(33-34)14-4-3-5-15(23)10-14/h3-6,8,10,12,17-19,21,27-28H,7,9,11H2,1-2H3/t17-,18+,19+,21+,22+,34?/m0/s1. The maximum Gasteiger partial charge on any atom is 0.475 e. The van der Waals surface area contributed by atoms with Crippen LogP contribution in [0.4, 0.5) is 0 Å². The molecule has 2 saturated heterocycles. The molecule has 2 aliphatic rings. The fourth-order valence-electron chi connectivity index (χ4n) is 4.34. The smallest absolute Gasteiger partial charge is 0.387 e. The van der Waals surface area contributed by atoms with E-state index >= 15 is 0 Å². The number of aliphatic hydroxyl groups is 2. The second-order valence-corrected chi connectivity index (χ2v) is 10.7. The Balaban J connectivity index is 1.31. The van der Waals surface area contributed by atoms with Crippen molar-refractivity contribution in [2.75, 3.05) is 13.2 Å². The van der Waals surface area contributed by atoms with Crippen molar-refractivity contribution >= 4 is 30.5 Å². The molecular weight excluding hydrogens is 485 g/mol. The number of hydrogen-bond acceptors (Lipinski definition) is 9. The third kappa shape index (κ3) is 4.29. The Morgan fingerprint density at radius 3 is 2.97 bits per heavy atom. The molecule has 2 aromatic heterocycles.